The van der Waals surface area contributed by atoms with E-state index in [-0.39, 0.29) is 5.41 Å². The molecule has 0 N–H and O–H groups in total. The first-order valence-corrected chi connectivity index (χ1v) is 15.2. The van der Waals surface area contributed by atoms with Gasteiger partial charge in [-0.2, -0.15) is 0 Å². The smallest absolute Gasteiger partial charge is 0.0745 e. The zero-order chi connectivity index (χ0) is 28.7. The maximum absolute atomic E-state index is 2.47. The molecule has 0 fully saturated rings. The van der Waals surface area contributed by atoms with Crippen LogP contribution in [0, 0.1) is 0 Å². The molecule has 2 aliphatic carbocycles. The minimum atomic E-state index is -0.341. The molecule has 0 saturated heterocycles. The van der Waals surface area contributed by atoms with Gasteiger partial charge in [0, 0.05) is 49.7 Å². The molecule has 0 radical (unpaired) electrons. The van der Waals surface area contributed by atoms with Gasteiger partial charge in [0.25, 0.3) is 0 Å². The summed E-state index contributed by atoms with van der Waals surface area (Å²) in [7, 11) is 4.45. The van der Waals surface area contributed by atoms with E-state index >= 15 is 0 Å². The van der Waals surface area contributed by atoms with Crippen LogP contribution in [0.5, 0.6) is 0 Å². The number of para-hydroxylation sites is 1. The van der Waals surface area contributed by atoms with E-state index < -0.39 is 0 Å². The summed E-state index contributed by atoms with van der Waals surface area (Å²) in [4.78, 5) is 4.81. The predicted octanol–water partition coefficient (Wildman–Crippen LogP) is 9.34. The lowest BCUT2D eigenvalue weighted by molar-refractivity contribution is 0.781. The molecule has 0 aromatic heterocycles. The summed E-state index contributed by atoms with van der Waals surface area (Å²) >= 11 is 0. The first-order valence-electron chi connectivity index (χ1n) is 15.2. The van der Waals surface area contributed by atoms with Crippen molar-refractivity contribution in [3.05, 3.63) is 172 Å². The molecule has 2 nitrogen and oxygen atoms in total. The minimum absolute atomic E-state index is 0.341. The Kier molecular flexibility index (Phi) is 5.11. The number of hydrogen-bond acceptors (Lipinski definition) is 2. The average molecular weight is 553 g/mol. The summed E-state index contributed by atoms with van der Waals surface area (Å²) in [5.41, 5.74) is 18.6. The number of benzene rings is 6. The molecule has 0 bridgehead atoms. The van der Waals surface area contributed by atoms with Crippen molar-refractivity contribution in [2.45, 2.75) is 18.4 Å². The highest BCUT2D eigenvalue weighted by atomic mass is 15.1. The number of nitrogens with zero attached hydrogens (tertiary/aromatic N) is 2. The van der Waals surface area contributed by atoms with Crippen LogP contribution in [0.1, 0.15) is 38.9 Å². The molecule has 6 aromatic rings. The van der Waals surface area contributed by atoms with Crippen molar-refractivity contribution in [1.29, 1.82) is 0 Å². The van der Waals surface area contributed by atoms with Crippen LogP contribution >= 0.6 is 0 Å². The van der Waals surface area contributed by atoms with Crippen molar-refractivity contribution in [2.75, 3.05) is 23.9 Å². The monoisotopic (exact) mass is 552 g/mol. The van der Waals surface area contributed by atoms with Crippen LogP contribution in [0.2, 0.25) is 0 Å². The van der Waals surface area contributed by atoms with E-state index in [2.05, 4.69) is 157 Å². The molecular weight excluding hydrogens is 520 g/mol. The van der Waals surface area contributed by atoms with Gasteiger partial charge in [-0.1, -0.05) is 115 Å². The van der Waals surface area contributed by atoms with E-state index in [1.54, 1.807) is 0 Å². The van der Waals surface area contributed by atoms with Gasteiger partial charge in [0.05, 0.1) is 5.41 Å². The van der Waals surface area contributed by atoms with Crippen molar-refractivity contribution in [3.8, 4) is 22.3 Å². The van der Waals surface area contributed by atoms with Gasteiger partial charge in [0.1, 0.15) is 0 Å². The second kappa shape index (κ2) is 8.96. The fourth-order valence-electron chi connectivity index (χ4n) is 8.34. The molecule has 1 aliphatic heterocycles. The molecule has 43 heavy (non-hydrogen) atoms. The third-order valence-corrected chi connectivity index (χ3v) is 10.1. The van der Waals surface area contributed by atoms with Gasteiger partial charge in [-0.3, -0.25) is 0 Å². The summed E-state index contributed by atoms with van der Waals surface area (Å²) in [6.07, 6.45) is 0.972. The van der Waals surface area contributed by atoms with Crippen LogP contribution < -0.4 is 9.80 Å². The quantitative estimate of drug-likeness (QED) is 0.215. The lowest BCUT2D eigenvalue weighted by Crippen LogP contribution is -2.29. The highest BCUT2D eigenvalue weighted by Crippen LogP contribution is 2.64. The Morgan fingerprint density at radius 2 is 1.14 bits per heavy atom. The first-order chi connectivity index (χ1) is 21.2. The summed E-state index contributed by atoms with van der Waals surface area (Å²) in [6.45, 7) is 0.838. The fourth-order valence-corrected chi connectivity index (χ4v) is 8.34. The Balaban J connectivity index is 1.20. The fraction of sp³-hybridized carbons (Fsp3) is 0.122. The molecule has 0 unspecified atom stereocenters. The van der Waals surface area contributed by atoms with Crippen molar-refractivity contribution in [3.63, 3.8) is 0 Å². The van der Waals surface area contributed by atoms with Crippen molar-refractivity contribution in [2.24, 2.45) is 0 Å². The highest BCUT2D eigenvalue weighted by molar-refractivity contribution is 5.97. The minimum Gasteiger partial charge on any atom is -0.370 e. The molecule has 1 spiro atoms. The first kappa shape index (κ1) is 24.5. The molecule has 0 atom stereocenters. The topological polar surface area (TPSA) is 6.48 Å². The second-order valence-corrected chi connectivity index (χ2v) is 12.3. The molecule has 6 aromatic carbocycles. The van der Waals surface area contributed by atoms with Crippen LogP contribution in [0.15, 0.2) is 133 Å². The Hall–Kier alpha value is -5.08. The third-order valence-electron chi connectivity index (χ3n) is 10.1. The second-order valence-electron chi connectivity index (χ2n) is 12.3. The molecule has 1 heterocycles. The van der Waals surface area contributed by atoms with E-state index in [0.29, 0.717) is 0 Å². The van der Waals surface area contributed by atoms with Gasteiger partial charge in [-0.25, -0.2) is 0 Å². The molecule has 2 heteroatoms. The van der Waals surface area contributed by atoms with Gasteiger partial charge < -0.3 is 9.80 Å². The van der Waals surface area contributed by atoms with E-state index in [9.17, 15) is 0 Å². The Morgan fingerprint density at radius 3 is 1.84 bits per heavy atom. The van der Waals surface area contributed by atoms with Gasteiger partial charge in [-0.05, 0) is 73.8 Å². The number of anilines is 3. The van der Waals surface area contributed by atoms with Gasteiger partial charge >= 0.3 is 0 Å². The van der Waals surface area contributed by atoms with Crippen LogP contribution in [-0.2, 0) is 18.4 Å². The Morgan fingerprint density at radius 1 is 0.581 bits per heavy atom. The summed E-state index contributed by atoms with van der Waals surface area (Å²) in [5.74, 6) is 0. The maximum atomic E-state index is 2.47. The van der Waals surface area contributed by atoms with E-state index in [4.69, 9.17) is 0 Å². The van der Waals surface area contributed by atoms with E-state index in [0.717, 1.165) is 13.0 Å². The molecule has 0 amide bonds. The lowest BCUT2D eigenvalue weighted by Gasteiger charge is -2.34. The number of rotatable bonds is 3. The third kappa shape index (κ3) is 3.24. The van der Waals surface area contributed by atoms with E-state index in [1.165, 1.54) is 78.3 Å². The molecular formula is C41H32N2. The van der Waals surface area contributed by atoms with Gasteiger partial charge in [-0.15, -0.1) is 0 Å². The Labute approximate surface area is 253 Å². The summed E-state index contributed by atoms with van der Waals surface area (Å²) < 4.78 is 0. The standard InChI is InChI=1S/C41H32N2/c1-42(26-27-22-23-38-29(24-27)25-28-12-3-10-20-37(28)43(38)2)39-21-11-16-33-32-15-6-9-19-36(32)41(40(33)39)34-17-7-4-13-30(34)31-14-5-8-18-35(31)41/h3-24H,25-26H2,1-2H3. The molecule has 0 saturated carbocycles. The highest BCUT2D eigenvalue weighted by Gasteiger charge is 2.52. The molecule has 9 rings (SSSR count). The van der Waals surface area contributed by atoms with Crippen molar-refractivity contribution >= 4 is 17.1 Å². The summed E-state index contributed by atoms with van der Waals surface area (Å²) in [6, 6.07) is 49.9. The van der Waals surface area contributed by atoms with Gasteiger partial charge in [0.2, 0.25) is 0 Å². The number of hydrogen-bond donors (Lipinski definition) is 0. The lowest BCUT2D eigenvalue weighted by atomic mass is 9.70. The number of fused-ring (bicyclic) bond motifs is 12. The van der Waals surface area contributed by atoms with Crippen LogP contribution in [0.3, 0.4) is 0 Å². The zero-order valence-electron chi connectivity index (χ0n) is 24.5. The Bertz CT molecular complexity index is 2020. The largest absolute Gasteiger partial charge is 0.370 e. The van der Waals surface area contributed by atoms with E-state index in [1.807, 2.05) is 0 Å². The predicted molar refractivity (Wildman–Crippen MR) is 179 cm³/mol. The van der Waals surface area contributed by atoms with Crippen molar-refractivity contribution in [1.82, 2.24) is 0 Å². The van der Waals surface area contributed by atoms with Crippen LogP contribution in [-0.4, -0.2) is 14.1 Å². The zero-order valence-corrected chi connectivity index (χ0v) is 24.5. The average Bonchev–Trinajstić information content (AvgIpc) is 3.52. The molecule has 3 aliphatic rings. The SMILES string of the molecule is CN(Cc1ccc2c(c1)Cc1ccccc1N2C)c1cccc2c1C1(c3ccccc3-c3ccccc31)c1ccccc1-2. The van der Waals surface area contributed by atoms with Crippen LogP contribution in [0.25, 0.3) is 22.3 Å². The normalized spacial score (nSPS) is 14.4. The maximum Gasteiger partial charge on any atom is 0.0745 e. The summed E-state index contributed by atoms with van der Waals surface area (Å²) in [5, 5.41) is 0. The van der Waals surface area contributed by atoms with Crippen LogP contribution in [0.4, 0.5) is 17.1 Å². The van der Waals surface area contributed by atoms with Gasteiger partial charge in [0.15, 0.2) is 0 Å². The molecule has 206 valence electrons. The van der Waals surface area contributed by atoms with Crippen molar-refractivity contribution < 1.29 is 0 Å².